The van der Waals surface area contributed by atoms with E-state index in [1.54, 1.807) is 0 Å². The van der Waals surface area contributed by atoms with Crippen molar-refractivity contribution in [1.82, 2.24) is 0 Å². The smallest absolute Gasteiger partial charge is 0.310 e. The molecule has 4 nitrogen and oxygen atoms in total. The van der Waals surface area contributed by atoms with Crippen LogP contribution in [0.5, 0.6) is 0 Å². The van der Waals surface area contributed by atoms with Crippen LogP contribution in [0.2, 0.25) is 0 Å². The highest BCUT2D eigenvalue weighted by molar-refractivity contribution is 5.85. The normalized spacial score (nSPS) is 34.0. The van der Waals surface area contributed by atoms with Crippen LogP contribution in [0.15, 0.2) is 95.1 Å². The van der Waals surface area contributed by atoms with Gasteiger partial charge in [-0.05, 0) is 59.8 Å². The minimum atomic E-state index is -0.511. The zero-order valence-electron chi connectivity index (χ0n) is 21.2. The fourth-order valence-electron chi connectivity index (χ4n) is 8.02. The fourth-order valence-corrected chi connectivity index (χ4v) is 8.02. The molecule has 0 aromatic heterocycles. The number of methoxy groups -OCH3 is 2. The van der Waals surface area contributed by atoms with Crippen LogP contribution in [0.3, 0.4) is 0 Å². The topological polar surface area (TPSA) is 52.6 Å². The first-order valence-electron chi connectivity index (χ1n) is 12.8. The van der Waals surface area contributed by atoms with Crippen LogP contribution in [0.25, 0.3) is 0 Å². The Morgan fingerprint density at radius 2 is 0.972 bits per heavy atom. The molecule has 0 amide bonds. The molecular weight excluding hydrogens is 448 g/mol. The summed E-state index contributed by atoms with van der Waals surface area (Å²) < 4.78 is 10.4. The van der Waals surface area contributed by atoms with Crippen molar-refractivity contribution in [1.29, 1.82) is 0 Å². The second-order valence-electron chi connectivity index (χ2n) is 10.7. The van der Waals surface area contributed by atoms with Crippen LogP contribution < -0.4 is 0 Å². The number of hydrogen-bond donors (Lipinski definition) is 0. The van der Waals surface area contributed by atoms with E-state index in [1.807, 2.05) is 0 Å². The maximum atomic E-state index is 13.0. The van der Waals surface area contributed by atoms with Crippen molar-refractivity contribution in [2.24, 2.45) is 35.5 Å². The molecule has 184 valence electrons. The Kier molecular flexibility index (Phi) is 5.51. The SMILES string of the molecule is COC(=O)C1C2C=CC(C1C(=O)OC)C1C3=C(C)C(c4ccccc4)C(c4ccccc4)C(C)=C3C21. The first kappa shape index (κ1) is 23.0. The van der Waals surface area contributed by atoms with E-state index in [4.69, 9.17) is 9.47 Å². The lowest BCUT2D eigenvalue weighted by Crippen LogP contribution is -2.60. The number of benzene rings is 2. The standard InChI is InChI=1S/C32H32O4/c1-17-23(19-11-7-5-8-12-19)24(20-13-9-6-10-14-20)18(2)26-25(17)27-21-15-16-22(28(26)27)30(32(34)36-4)29(21)31(33)35-3/h5-16,21-24,27-30H,1-4H3. The first-order valence-corrected chi connectivity index (χ1v) is 12.8. The molecule has 5 aliphatic rings. The van der Waals surface area contributed by atoms with E-state index in [-0.39, 0.29) is 47.4 Å². The molecule has 8 atom stereocenters. The van der Waals surface area contributed by atoms with Crippen molar-refractivity contribution in [2.75, 3.05) is 14.2 Å². The molecule has 5 aliphatic carbocycles. The molecule has 36 heavy (non-hydrogen) atoms. The number of allylic oxidation sites excluding steroid dienone is 6. The number of fused-ring (bicyclic) bond motifs is 2. The summed E-state index contributed by atoms with van der Waals surface area (Å²) in [7, 11) is 2.83. The third-order valence-corrected chi connectivity index (χ3v) is 9.32. The minimum Gasteiger partial charge on any atom is -0.469 e. The van der Waals surface area contributed by atoms with Gasteiger partial charge in [-0.1, -0.05) is 84.0 Å². The highest BCUT2D eigenvalue weighted by Crippen LogP contribution is 2.69. The lowest BCUT2D eigenvalue weighted by atomic mass is 9.40. The van der Waals surface area contributed by atoms with Crippen LogP contribution in [0.4, 0.5) is 0 Å². The highest BCUT2D eigenvalue weighted by Gasteiger charge is 2.65. The summed E-state index contributed by atoms with van der Waals surface area (Å²) >= 11 is 0. The summed E-state index contributed by atoms with van der Waals surface area (Å²) in [5.74, 6) is -0.884. The summed E-state index contributed by atoms with van der Waals surface area (Å²) in [5.41, 5.74) is 8.19. The van der Waals surface area contributed by atoms with Crippen molar-refractivity contribution in [3.8, 4) is 0 Å². The van der Waals surface area contributed by atoms with Gasteiger partial charge in [-0.25, -0.2) is 0 Å². The van der Waals surface area contributed by atoms with E-state index in [2.05, 4.69) is 86.7 Å². The predicted molar refractivity (Wildman–Crippen MR) is 138 cm³/mol. The number of carbonyl (C=O) groups is 2. The Hall–Kier alpha value is -3.40. The number of carbonyl (C=O) groups excluding carboxylic acids is 2. The van der Waals surface area contributed by atoms with Gasteiger partial charge in [0, 0.05) is 11.8 Å². The van der Waals surface area contributed by atoms with Gasteiger partial charge < -0.3 is 9.47 Å². The van der Waals surface area contributed by atoms with Gasteiger partial charge in [0.2, 0.25) is 0 Å². The van der Waals surface area contributed by atoms with Crippen LogP contribution >= 0.6 is 0 Å². The molecular formula is C32H32O4. The summed E-state index contributed by atoms with van der Waals surface area (Å²) in [5, 5.41) is 0. The molecule has 0 saturated heterocycles. The maximum absolute atomic E-state index is 13.0. The van der Waals surface area contributed by atoms with Crippen molar-refractivity contribution in [3.63, 3.8) is 0 Å². The van der Waals surface area contributed by atoms with E-state index >= 15 is 0 Å². The quantitative estimate of drug-likeness (QED) is 0.407. The molecule has 2 aromatic carbocycles. The Balaban J connectivity index is 1.53. The summed E-state index contributed by atoms with van der Waals surface area (Å²) in [6, 6.07) is 21.5. The summed E-state index contributed by atoms with van der Waals surface area (Å²) in [6.45, 7) is 4.56. The van der Waals surface area contributed by atoms with Crippen LogP contribution in [0, 0.1) is 35.5 Å². The van der Waals surface area contributed by atoms with Gasteiger partial charge in [0.15, 0.2) is 0 Å². The highest BCUT2D eigenvalue weighted by atomic mass is 16.5. The molecule has 4 heteroatoms. The van der Waals surface area contributed by atoms with Crippen LogP contribution in [0.1, 0.15) is 36.8 Å². The summed E-state index contributed by atoms with van der Waals surface area (Å²) in [4.78, 5) is 26.0. The zero-order valence-corrected chi connectivity index (χ0v) is 21.2. The Morgan fingerprint density at radius 1 is 0.611 bits per heavy atom. The Bertz CT molecular complexity index is 1200. The molecule has 0 aliphatic heterocycles. The third-order valence-electron chi connectivity index (χ3n) is 9.32. The fraction of sp³-hybridized carbons (Fsp3) is 0.375. The Morgan fingerprint density at radius 3 is 1.31 bits per heavy atom. The molecule has 2 aromatic rings. The van der Waals surface area contributed by atoms with Crippen molar-refractivity contribution in [2.45, 2.75) is 25.7 Å². The molecule has 8 unspecified atom stereocenters. The van der Waals surface area contributed by atoms with Crippen LogP contribution in [-0.2, 0) is 19.1 Å². The molecule has 2 bridgehead atoms. The van der Waals surface area contributed by atoms with E-state index in [1.165, 1.54) is 47.6 Å². The molecule has 0 heterocycles. The molecule has 2 fully saturated rings. The molecule has 0 radical (unpaired) electrons. The second-order valence-corrected chi connectivity index (χ2v) is 10.7. The summed E-state index contributed by atoms with van der Waals surface area (Å²) in [6.07, 6.45) is 4.33. The average Bonchev–Trinajstić information content (AvgIpc) is 2.90. The van der Waals surface area contributed by atoms with Crippen molar-refractivity contribution in [3.05, 3.63) is 106 Å². The lowest BCUT2D eigenvalue weighted by molar-refractivity contribution is -0.169. The van der Waals surface area contributed by atoms with Gasteiger partial charge in [0.1, 0.15) is 0 Å². The monoisotopic (exact) mass is 480 g/mol. The number of rotatable bonds is 4. The van der Waals surface area contributed by atoms with Gasteiger partial charge in [-0.2, -0.15) is 0 Å². The predicted octanol–water partition coefficient (Wildman–Crippen LogP) is 5.84. The number of hydrogen-bond acceptors (Lipinski definition) is 4. The minimum absolute atomic E-state index is 0.0669. The third kappa shape index (κ3) is 3.06. The molecule has 2 saturated carbocycles. The first-order chi connectivity index (χ1) is 17.5. The van der Waals surface area contributed by atoms with Crippen molar-refractivity contribution >= 4 is 11.9 Å². The number of ether oxygens (including phenoxy) is 2. The van der Waals surface area contributed by atoms with E-state index in [0.29, 0.717) is 0 Å². The van der Waals surface area contributed by atoms with Crippen molar-refractivity contribution < 1.29 is 19.1 Å². The van der Waals surface area contributed by atoms with Gasteiger partial charge in [-0.3, -0.25) is 9.59 Å². The van der Waals surface area contributed by atoms with Gasteiger partial charge >= 0.3 is 11.9 Å². The Labute approximate surface area is 212 Å². The van der Waals surface area contributed by atoms with Gasteiger partial charge in [0.25, 0.3) is 0 Å². The second kappa shape index (κ2) is 8.62. The van der Waals surface area contributed by atoms with E-state index < -0.39 is 11.8 Å². The maximum Gasteiger partial charge on any atom is 0.310 e. The van der Waals surface area contributed by atoms with E-state index in [9.17, 15) is 9.59 Å². The van der Waals surface area contributed by atoms with Gasteiger partial charge in [-0.15, -0.1) is 0 Å². The number of esters is 2. The van der Waals surface area contributed by atoms with E-state index in [0.717, 1.165) is 0 Å². The molecule has 0 N–H and O–H groups in total. The van der Waals surface area contributed by atoms with Gasteiger partial charge in [0.05, 0.1) is 26.1 Å². The molecule has 7 rings (SSSR count). The zero-order chi connectivity index (χ0) is 25.1. The molecule has 0 spiro atoms. The largest absolute Gasteiger partial charge is 0.469 e. The lowest BCUT2D eigenvalue weighted by Gasteiger charge is -2.62. The average molecular weight is 481 g/mol. The van der Waals surface area contributed by atoms with Crippen LogP contribution in [-0.4, -0.2) is 26.2 Å².